The Labute approximate surface area is 80.8 Å². The van der Waals surface area contributed by atoms with Crippen molar-refractivity contribution in [2.45, 2.75) is 50.0 Å². The zero-order valence-electron chi connectivity index (χ0n) is 8.03. The number of halogens is 3. The maximum absolute atomic E-state index is 12.6. The van der Waals surface area contributed by atoms with E-state index in [1.807, 2.05) is 6.92 Å². The van der Waals surface area contributed by atoms with Gasteiger partial charge in [-0.05, 0) is 26.2 Å². The van der Waals surface area contributed by atoms with Gasteiger partial charge in [0.1, 0.15) is 5.54 Å². The van der Waals surface area contributed by atoms with Gasteiger partial charge in [0.15, 0.2) is 0 Å². The van der Waals surface area contributed by atoms with Gasteiger partial charge >= 0.3 is 6.18 Å². The lowest BCUT2D eigenvalue weighted by Crippen LogP contribution is -2.51. The molecular formula is C9H14F3NO. The molecule has 2 nitrogen and oxygen atoms in total. The van der Waals surface area contributed by atoms with Gasteiger partial charge in [0.05, 0.1) is 6.10 Å². The highest BCUT2D eigenvalue weighted by Crippen LogP contribution is 2.49. The van der Waals surface area contributed by atoms with Crippen LogP contribution >= 0.6 is 0 Å². The normalized spacial score (nSPS) is 36.0. The van der Waals surface area contributed by atoms with Crippen LogP contribution in [0.5, 0.6) is 0 Å². The summed E-state index contributed by atoms with van der Waals surface area (Å²) in [6.07, 6.45) is -3.12. The Morgan fingerprint density at radius 1 is 1.36 bits per heavy atom. The van der Waals surface area contributed by atoms with Crippen LogP contribution in [0.4, 0.5) is 13.2 Å². The summed E-state index contributed by atoms with van der Waals surface area (Å²) in [6.45, 7) is 2.38. The number of ether oxygens (including phenoxy) is 1. The standard InChI is InChI=1S/C9H14F3NO/c1-6-7(2-5-14-6)13-8(3-4-8)9(10,11)12/h6-7,13H,2-5H2,1H3. The van der Waals surface area contributed by atoms with Crippen molar-refractivity contribution < 1.29 is 17.9 Å². The van der Waals surface area contributed by atoms with Gasteiger partial charge in [-0.3, -0.25) is 5.32 Å². The highest BCUT2D eigenvalue weighted by molar-refractivity contribution is 5.10. The number of nitrogens with one attached hydrogen (secondary N) is 1. The highest BCUT2D eigenvalue weighted by Gasteiger charge is 2.64. The van der Waals surface area contributed by atoms with Crippen molar-refractivity contribution in [3.05, 3.63) is 0 Å². The molecule has 2 rings (SSSR count). The van der Waals surface area contributed by atoms with Crippen molar-refractivity contribution in [2.75, 3.05) is 6.61 Å². The van der Waals surface area contributed by atoms with Crippen molar-refractivity contribution in [3.63, 3.8) is 0 Å². The Hall–Kier alpha value is -0.290. The molecule has 1 N–H and O–H groups in total. The molecule has 1 saturated heterocycles. The van der Waals surface area contributed by atoms with Gasteiger partial charge in [-0.25, -0.2) is 0 Å². The van der Waals surface area contributed by atoms with E-state index in [4.69, 9.17) is 4.74 Å². The van der Waals surface area contributed by atoms with E-state index in [0.717, 1.165) is 0 Å². The maximum Gasteiger partial charge on any atom is 0.406 e. The zero-order valence-corrected chi connectivity index (χ0v) is 8.03. The average molecular weight is 209 g/mol. The summed E-state index contributed by atoms with van der Waals surface area (Å²) in [5.41, 5.74) is -1.60. The lowest BCUT2D eigenvalue weighted by molar-refractivity contribution is -0.168. The molecule has 1 aliphatic heterocycles. The summed E-state index contributed by atoms with van der Waals surface area (Å²) in [5, 5.41) is 2.71. The number of rotatable bonds is 2. The summed E-state index contributed by atoms with van der Waals surface area (Å²) in [7, 11) is 0. The maximum atomic E-state index is 12.6. The first-order chi connectivity index (χ1) is 6.45. The van der Waals surface area contributed by atoms with Crippen LogP contribution in [-0.2, 0) is 4.74 Å². The summed E-state index contributed by atoms with van der Waals surface area (Å²) < 4.78 is 42.9. The van der Waals surface area contributed by atoms with Gasteiger partial charge < -0.3 is 4.74 Å². The molecule has 0 spiro atoms. The van der Waals surface area contributed by atoms with Gasteiger partial charge in [0, 0.05) is 12.6 Å². The van der Waals surface area contributed by atoms with Gasteiger partial charge in [-0.15, -0.1) is 0 Å². The summed E-state index contributed by atoms with van der Waals surface area (Å²) in [4.78, 5) is 0. The summed E-state index contributed by atoms with van der Waals surface area (Å²) >= 11 is 0. The van der Waals surface area contributed by atoms with Crippen LogP contribution < -0.4 is 5.32 Å². The Kier molecular flexibility index (Phi) is 2.27. The van der Waals surface area contributed by atoms with E-state index in [2.05, 4.69) is 5.32 Å². The van der Waals surface area contributed by atoms with E-state index in [1.54, 1.807) is 0 Å². The molecule has 2 fully saturated rings. The molecule has 0 aromatic carbocycles. The Balaban J connectivity index is 1.97. The third kappa shape index (κ3) is 1.63. The van der Waals surface area contributed by atoms with Crippen molar-refractivity contribution >= 4 is 0 Å². The van der Waals surface area contributed by atoms with E-state index < -0.39 is 11.7 Å². The minimum Gasteiger partial charge on any atom is -0.377 e. The predicted molar refractivity (Wildman–Crippen MR) is 45.0 cm³/mol. The monoisotopic (exact) mass is 209 g/mol. The molecule has 1 saturated carbocycles. The van der Waals surface area contributed by atoms with Crippen molar-refractivity contribution in [1.29, 1.82) is 0 Å². The minimum absolute atomic E-state index is 0.102. The molecule has 2 atom stereocenters. The third-order valence-electron chi connectivity index (χ3n) is 3.13. The molecule has 0 bridgehead atoms. The van der Waals surface area contributed by atoms with E-state index >= 15 is 0 Å². The second kappa shape index (κ2) is 3.10. The third-order valence-corrected chi connectivity index (χ3v) is 3.13. The summed E-state index contributed by atoms with van der Waals surface area (Å²) in [6, 6.07) is -0.140. The first-order valence-electron chi connectivity index (χ1n) is 4.91. The van der Waals surface area contributed by atoms with Crippen molar-refractivity contribution in [2.24, 2.45) is 0 Å². The lowest BCUT2D eigenvalue weighted by atomic mass is 10.1. The van der Waals surface area contributed by atoms with Crippen molar-refractivity contribution in [1.82, 2.24) is 5.32 Å². The molecule has 2 aliphatic rings. The number of alkyl halides is 3. The van der Waals surface area contributed by atoms with E-state index in [-0.39, 0.29) is 25.0 Å². The number of hydrogen-bond donors (Lipinski definition) is 1. The lowest BCUT2D eigenvalue weighted by Gasteiger charge is -2.26. The Morgan fingerprint density at radius 2 is 2.00 bits per heavy atom. The molecule has 2 unspecified atom stereocenters. The Bertz CT molecular complexity index is 225. The van der Waals surface area contributed by atoms with Crippen LogP contribution in [0.25, 0.3) is 0 Å². The van der Waals surface area contributed by atoms with E-state index in [9.17, 15) is 13.2 Å². The largest absolute Gasteiger partial charge is 0.406 e. The fourth-order valence-electron chi connectivity index (χ4n) is 1.91. The van der Waals surface area contributed by atoms with Crippen LogP contribution in [0.3, 0.4) is 0 Å². The van der Waals surface area contributed by atoms with Gasteiger partial charge in [0.2, 0.25) is 0 Å². The predicted octanol–water partition coefficient (Wildman–Crippen LogP) is 1.85. The smallest absolute Gasteiger partial charge is 0.377 e. The van der Waals surface area contributed by atoms with Gasteiger partial charge in [-0.1, -0.05) is 0 Å². The molecule has 82 valence electrons. The van der Waals surface area contributed by atoms with Gasteiger partial charge in [-0.2, -0.15) is 13.2 Å². The quantitative estimate of drug-likeness (QED) is 0.749. The van der Waals surface area contributed by atoms with Crippen LogP contribution in [0.2, 0.25) is 0 Å². The minimum atomic E-state index is -4.12. The summed E-state index contributed by atoms with van der Waals surface area (Å²) in [5.74, 6) is 0. The molecular weight excluding hydrogens is 195 g/mol. The number of hydrogen-bond acceptors (Lipinski definition) is 2. The molecule has 0 amide bonds. The molecule has 1 aliphatic carbocycles. The second-order valence-electron chi connectivity index (χ2n) is 4.20. The average Bonchev–Trinajstić information content (AvgIpc) is 2.73. The van der Waals surface area contributed by atoms with Crippen LogP contribution in [-0.4, -0.2) is 30.5 Å². The van der Waals surface area contributed by atoms with Crippen molar-refractivity contribution in [3.8, 4) is 0 Å². The van der Waals surface area contributed by atoms with Crippen LogP contribution in [0.15, 0.2) is 0 Å². The Morgan fingerprint density at radius 3 is 2.36 bits per heavy atom. The SMILES string of the molecule is CC1OCCC1NC1(C(F)(F)F)CC1. The topological polar surface area (TPSA) is 21.3 Å². The van der Waals surface area contributed by atoms with Gasteiger partial charge in [0.25, 0.3) is 0 Å². The fraction of sp³-hybridized carbons (Fsp3) is 1.00. The molecule has 1 heterocycles. The zero-order chi connectivity index (χ0) is 10.4. The van der Waals surface area contributed by atoms with E-state index in [0.29, 0.717) is 13.0 Å². The van der Waals surface area contributed by atoms with Crippen LogP contribution in [0, 0.1) is 0 Å². The first kappa shape index (κ1) is 10.2. The highest BCUT2D eigenvalue weighted by atomic mass is 19.4. The molecule has 5 heteroatoms. The first-order valence-corrected chi connectivity index (χ1v) is 4.91. The van der Waals surface area contributed by atoms with Crippen LogP contribution in [0.1, 0.15) is 26.2 Å². The molecule has 0 radical (unpaired) electrons. The molecule has 14 heavy (non-hydrogen) atoms. The van der Waals surface area contributed by atoms with E-state index in [1.165, 1.54) is 0 Å². The molecule has 0 aromatic heterocycles. The fourth-order valence-corrected chi connectivity index (χ4v) is 1.91. The second-order valence-corrected chi connectivity index (χ2v) is 4.20. The molecule has 0 aromatic rings.